The molecule has 0 N–H and O–H groups in total. The molecule has 0 aliphatic carbocycles. The number of rotatable bonds is 4. The van der Waals surface area contributed by atoms with Crippen LogP contribution in [-0.2, 0) is 4.57 Å². The van der Waals surface area contributed by atoms with E-state index in [1.54, 1.807) is 0 Å². The number of hydrogen-bond donors (Lipinski definition) is 0. The maximum absolute atomic E-state index is 15.3. The second-order valence-electron chi connectivity index (χ2n) is 11.2. The molecule has 0 unspecified atom stereocenters. The van der Waals surface area contributed by atoms with Gasteiger partial charge in [0.25, 0.3) is 0 Å². The molecule has 0 saturated heterocycles. The Hall–Kier alpha value is -5.37. The molecule has 0 fully saturated rings. The van der Waals surface area contributed by atoms with Gasteiger partial charge in [0, 0.05) is 26.7 Å². The number of aromatic nitrogens is 1. The van der Waals surface area contributed by atoms with E-state index in [0.717, 1.165) is 60.5 Å². The topological polar surface area (TPSA) is 31.2 Å². The lowest BCUT2D eigenvalue weighted by atomic mass is 9.97. The lowest BCUT2D eigenvalue weighted by molar-refractivity contribution is 0.476. The fourth-order valence-corrected chi connectivity index (χ4v) is 9.78. The summed E-state index contributed by atoms with van der Waals surface area (Å²) in [5.41, 5.74) is 5.41. The molecule has 2 heterocycles. The molecule has 208 valence electrons. The molecule has 0 bridgehead atoms. The third-order valence-electron chi connectivity index (χ3n) is 8.87. The molecule has 8 aromatic rings. The number of fused-ring (bicyclic) bond motifs is 6. The van der Waals surface area contributed by atoms with E-state index in [2.05, 4.69) is 83.4 Å². The van der Waals surface area contributed by atoms with Gasteiger partial charge in [-0.25, -0.2) is 0 Å². The van der Waals surface area contributed by atoms with E-state index in [0.29, 0.717) is 0 Å². The number of benzene rings is 7. The first-order chi connectivity index (χ1) is 21.7. The van der Waals surface area contributed by atoms with E-state index in [1.807, 2.05) is 78.9 Å². The minimum absolute atomic E-state index is 0.816. The Kier molecular flexibility index (Phi) is 5.47. The van der Waals surface area contributed by atoms with E-state index < -0.39 is 7.14 Å². The summed E-state index contributed by atoms with van der Waals surface area (Å²) in [6.45, 7) is 0. The van der Waals surface area contributed by atoms with Crippen LogP contribution in [0.2, 0.25) is 0 Å². The van der Waals surface area contributed by atoms with Crippen molar-refractivity contribution >= 4 is 55.6 Å². The molecule has 0 amide bonds. The number of ether oxygens (including phenoxy) is 1. The number of para-hydroxylation sites is 2. The van der Waals surface area contributed by atoms with Crippen molar-refractivity contribution in [3.8, 4) is 28.3 Å². The second kappa shape index (κ2) is 9.57. The minimum atomic E-state index is -3.16. The summed E-state index contributed by atoms with van der Waals surface area (Å²) in [5.74, 6) is 1.67. The predicted molar refractivity (Wildman–Crippen MR) is 183 cm³/mol. The van der Waals surface area contributed by atoms with Crippen LogP contribution in [-0.4, -0.2) is 4.57 Å². The van der Waals surface area contributed by atoms with Crippen LogP contribution in [0.25, 0.3) is 49.4 Å². The largest absolute Gasteiger partial charge is 0.453 e. The first-order valence-corrected chi connectivity index (χ1v) is 16.5. The first-order valence-electron chi connectivity index (χ1n) is 14.8. The van der Waals surface area contributed by atoms with Gasteiger partial charge < -0.3 is 13.9 Å². The van der Waals surface area contributed by atoms with Crippen LogP contribution in [0.3, 0.4) is 0 Å². The smallest absolute Gasteiger partial charge is 0.171 e. The SMILES string of the molecule is O=P(c1ccccc1)(c1ccccc1)c1cccc2c(-c3ccc4c(c3)Oc3cccc5c6ccccc6n-4c35)cccc12. The Bertz CT molecular complexity index is 2400. The predicted octanol–water partition coefficient (Wildman–Crippen LogP) is 9.35. The second-order valence-corrected chi connectivity index (χ2v) is 14.0. The molecular formula is C40H26NO2P. The Labute approximate surface area is 255 Å². The van der Waals surface area contributed by atoms with Crippen LogP contribution in [0.1, 0.15) is 0 Å². The molecule has 0 saturated carbocycles. The third kappa shape index (κ3) is 3.54. The van der Waals surface area contributed by atoms with Crippen LogP contribution in [0.15, 0.2) is 158 Å². The average Bonchev–Trinajstić information content (AvgIpc) is 3.44. The summed E-state index contributed by atoms with van der Waals surface area (Å²) in [7, 11) is -3.16. The van der Waals surface area contributed by atoms with Crippen LogP contribution in [0.5, 0.6) is 11.5 Å². The highest BCUT2D eigenvalue weighted by Gasteiger charge is 2.31. The summed E-state index contributed by atoms with van der Waals surface area (Å²) in [5, 5.41) is 6.96. The fraction of sp³-hybridized carbons (Fsp3) is 0. The van der Waals surface area contributed by atoms with Crippen molar-refractivity contribution in [3.63, 3.8) is 0 Å². The van der Waals surface area contributed by atoms with E-state index in [9.17, 15) is 0 Å². The third-order valence-corrected chi connectivity index (χ3v) is 12.0. The van der Waals surface area contributed by atoms with E-state index in [-0.39, 0.29) is 0 Å². The van der Waals surface area contributed by atoms with Crippen molar-refractivity contribution in [1.29, 1.82) is 0 Å². The summed E-state index contributed by atoms with van der Waals surface area (Å²) in [4.78, 5) is 0. The monoisotopic (exact) mass is 583 g/mol. The van der Waals surface area contributed by atoms with Crippen LogP contribution in [0, 0.1) is 0 Å². The summed E-state index contributed by atoms with van der Waals surface area (Å²) in [6, 6.07) is 53.5. The lowest BCUT2D eigenvalue weighted by Crippen LogP contribution is -2.25. The average molecular weight is 584 g/mol. The van der Waals surface area contributed by atoms with Crippen molar-refractivity contribution in [1.82, 2.24) is 4.57 Å². The molecule has 0 radical (unpaired) electrons. The van der Waals surface area contributed by atoms with Gasteiger partial charge in [-0.05, 0) is 46.2 Å². The molecule has 4 heteroatoms. The Morgan fingerprint density at radius 3 is 1.93 bits per heavy atom. The minimum Gasteiger partial charge on any atom is -0.453 e. The lowest BCUT2D eigenvalue weighted by Gasteiger charge is -2.23. The highest BCUT2D eigenvalue weighted by Crippen LogP contribution is 2.48. The Morgan fingerprint density at radius 1 is 0.500 bits per heavy atom. The quantitative estimate of drug-likeness (QED) is 0.193. The van der Waals surface area contributed by atoms with E-state index in [4.69, 9.17) is 4.74 Å². The standard InChI is InChI=1S/C40H26NO2P/c42-44(28-12-3-1-4-13-28,29-14-5-2-6-15-29)39-23-11-18-31-30(17-9-19-33(31)39)27-24-25-36-38(26-27)43-37-22-10-20-34-32-16-7-8-21-35(32)41(36)40(34)37/h1-26H. The van der Waals surface area contributed by atoms with Crippen molar-refractivity contribution in [2.45, 2.75) is 0 Å². The highest BCUT2D eigenvalue weighted by atomic mass is 31.2. The molecule has 44 heavy (non-hydrogen) atoms. The van der Waals surface area contributed by atoms with Gasteiger partial charge in [0.05, 0.1) is 16.7 Å². The summed E-state index contributed by atoms with van der Waals surface area (Å²) < 4.78 is 24.2. The van der Waals surface area contributed by atoms with Gasteiger partial charge >= 0.3 is 0 Å². The van der Waals surface area contributed by atoms with Crippen LogP contribution < -0.4 is 20.7 Å². The normalized spacial score (nSPS) is 12.4. The molecule has 1 aliphatic rings. The Morgan fingerprint density at radius 2 is 1.14 bits per heavy atom. The van der Waals surface area contributed by atoms with Gasteiger partial charge in [-0.1, -0.05) is 133 Å². The summed E-state index contributed by atoms with van der Waals surface area (Å²) >= 11 is 0. The maximum Gasteiger partial charge on any atom is 0.171 e. The highest BCUT2D eigenvalue weighted by molar-refractivity contribution is 7.85. The molecule has 3 nitrogen and oxygen atoms in total. The zero-order chi connectivity index (χ0) is 29.3. The van der Waals surface area contributed by atoms with Crippen molar-refractivity contribution in [3.05, 3.63) is 158 Å². The zero-order valence-corrected chi connectivity index (χ0v) is 24.6. The molecule has 0 atom stereocenters. The summed E-state index contributed by atoms with van der Waals surface area (Å²) in [6.07, 6.45) is 0. The van der Waals surface area contributed by atoms with Crippen LogP contribution in [0.4, 0.5) is 0 Å². The van der Waals surface area contributed by atoms with Crippen molar-refractivity contribution < 1.29 is 9.30 Å². The zero-order valence-electron chi connectivity index (χ0n) is 23.7. The van der Waals surface area contributed by atoms with E-state index >= 15 is 4.57 Å². The van der Waals surface area contributed by atoms with Gasteiger partial charge in [0.15, 0.2) is 18.6 Å². The molecule has 1 aliphatic heterocycles. The van der Waals surface area contributed by atoms with E-state index in [1.165, 1.54) is 16.3 Å². The van der Waals surface area contributed by atoms with Crippen molar-refractivity contribution in [2.75, 3.05) is 0 Å². The molecule has 0 spiro atoms. The van der Waals surface area contributed by atoms with Gasteiger partial charge in [-0.15, -0.1) is 0 Å². The molecule has 1 aromatic heterocycles. The number of hydrogen-bond acceptors (Lipinski definition) is 2. The molecular weight excluding hydrogens is 557 g/mol. The fourth-order valence-electron chi connectivity index (χ4n) is 6.91. The van der Waals surface area contributed by atoms with Gasteiger partial charge in [-0.2, -0.15) is 0 Å². The molecule has 7 aromatic carbocycles. The molecule has 9 rings (SSSR count). The van der Waals surface area contributed by atoms with Gasteiger partial charge in [0.1, 0.15) is 0 Å². The van der Waals surface area contributed by atoms with Gasteiger partial charge in [-0.3, -0.25) is 0 Å². The van der Waals surface area contributed by atoms with Crippen LogP contribution >= 0.6 is 7.14 Å². The first kappa shape index (κ1) is 25.2. The van der Waals surface area contributed by atoms with Gasteiger partial charge in [0.2, 0.25) is 0 Å². The maximum atomic E-state index is 15.3. The van der Waals surface area contributed by atoms with Crippen molar-refractivity contribution in [2.24, 2.45) is 0 Å². The Balaban J connectivity index is 1.25. The number of nitrogens with zero attached hydrogens (tertiary/aromatic N) is 1.